The van der Waals surface area contributed by atoms with Crippen molar-refractivity contribution in [2.24, 2.45) is 0 Å². The lowest BCUT2D eigenvalue weighted by Gasteiger charge is -2.21. The molecule has 2 aromatic heterocycles. The van der Waals surface area contributed by atoms with Gasteiger partial charge in [-0.2, -0.15) is 0 Å². The van der Waals surface area contributed by atoms with Gasteiger partial charge in [-0.15, -0.1) is 0 Å². The van der Waals surface area contributed by atoms with Crippen molar-refractivity contribution in [2.75, 3.05) is 17.7 Å². The second kappa shape index (κ2) is 11.4. The third kappa shape index (κ3) is 6.18. The van der Waals surface area contributed by atoms with Crippen LogP contribution < -0.4 is 16.2 Å². The largest absolute Gasteiger partial charge is 0.453 e. The third-order valence-electron chi connectivity index (χ3n) is 6.87. The predicted octanol–water partition coefficient (Wildman–Crippen LogP) is 6.93. The first-order valence-electron chi connectivity index (χ1n) is 13.5. The van der Waals surface area contributed by atoms with Gasteiger partial charge < -0.3 is 19.0 Å². The maximum Gasteiger partial charge on any atom is 0.412 e. The van der Waals surface area contributed by atoms with Crippen LogP contribution in [0.2, 0.25) is 5.02 Å². The van der Waals surface area contributed by atoms with Crippen LogP contribution in [0.25, 0.3) is 22.4 Å². The summed E-state index contributed by atoms with van der Waals surface area (Å²) in [5.41, 5.74) is 4.91. The number of amides is 2. The first-order valence-corrected chi connectivity index (χ1v) is 13.9. The number of fused-ring (bicyclic) bond motifs is 1. The Labute approximate surface area is 248 Å². The fourth-order valence-electron chi connectivity index (χ4n) is 5.09. The number of H-pyrrole nitrogens is 1. The van der Waals surface area contributed by atoms with E-state index in [4.69, 9.17) is 21.3 Å². The maximum absolute atomic E-state index is 13.5. The zero-order valence-corrected chi connectivity index (χ0v) is 24.8. The fraction of sp³-hybridized carbons (Fsp3) is 0.290. The Morgan fingerprint density at radius 2 is 1.76 bits per heavy atom. The molecule has 5 rings (SSSR count). The van der Waals surface area contributed by atoms with Gasteiger partial charge in [0.25, 0.3) is 5.56 Å². The molecule has 1 aliphatic rings. The number of aromatic amines is 1. The number of methoxy groups -OCH3 is 1. The van der Waals surface area contributed by atoms with Crippen molar-refractivity contribution in [1.82, 2.24) is 14.5 Å². The number of anilines is 2. The van der Waals surface area contributed by atoms with E-state index in [2.05, 4.69) is 20.4 Å². The summed E-state index contributed by atoms with van der Waals surface area (Å²) in [6.07, 6.45) is 0.236. The van der Waals surface area contributed by atoms with Gasteiger partial charge >= 0.3 is 12.2 Å². The number of pyridine rings is 1. The number of halogens is 1. The smallest absolute Gasteiger partial charge is 0.412 e. The molecule has 218 valence electrons. The Balaban J connectivity index is 1.43. The van der Waals surface area contributed by atoms with Crippen molar-refractivity contribution in [3.63, 3.8) is 0 Å². The van der Waals surface area contributed by atoms with Crippen LogP contribution in [-0.4, -0.2) is 39.4 Å². The Hall–Kier alpha value is -4.57. The maximum atomic E-state index is 13.5. The molecule has 10 nitrogen and oxygen atoms in total. The summed E-state index contributed by atoms with van der Waals surface area (Å²) in [5.74, 6) is 0.697. The molecule has 0 unspecified atom stereocenters. The van der Waals surface area contributed by atoms with Gasteiger partial charge in [0.1, 0.15) is 11.4 Å². The number of benzene rings is 2. The molecule has 2 amide bonds. The van der Waals surface area contributed by atoms with E-state index in [0.717, 1.165) is 22.6 Å². The van der Waals surface area contributed by atoms with Crippen LogP contribution in [0.3, 0.4) is 0 Å². The number of imidazole rings is 1. The average molecular weight is 590 g/mol. The number of nitrogens with zero attached hydrogens (tertiary/aromatic N) is 2. The van der Waals surface area contributed by atoms with E-state index in [1.54, 1.807) is 61.7 Å². The molecule has 42 heavy (non-hydrogen) atoms. The lowest BCUT2D eigenvalue weighted by molar-refractivity contribution is 0.0636. The molecule has 11 heteroatoms. The van der Waals surface area contributed by atoms with E-state index in [-0.39, 0.29) is 11.6 Å². The number of rotatable bonds is 5. The number of nitrogens with one attached hydrogen (secondary N) is 3. The van der Waals surface area contributed by atoms with Crippen molar-refractivity contribution < 1.29 is 19.1 Å². The van der Waals surface area contributed by atoms with Crippen molar-refractivity contribution in [2.45, 2.75) is 52.2 Å². The minimum Gasteiger partial charge on any atom is -0.453 e. The highest BCUT2D eigenvalue weighted by Gasteiger charge is 2.29. The Morgan fingerprint density at radius 3 is 2.45 bits per heavy atom. The summed E-state index contributed by atoms with van der Waals surface area (Å²) >= 11 is 6.31. The average Bonchev–Trinajstić information content (AvgIpc) is 3.52. The summed E-state index contributed by atoms with van der Waals surface area (Å²) in [5, 5.41) is 5.89. The standard InChI is InChI=1S/C31H32ClN5O5/c1-17-27(18-6-9-21(10-7-18)34-29(39)41-5)36-28(33-17)25-13-11-22-14-19(15-26(38)37(22)25)23-16-20(32)8-12-24(23)35-30(40)42-31(2,3)4/h6-10,12,14-16,25H,11,13H2,1-5H3,(H,33,36)(H,34,39)(H,35,40)/t25-/m0/s1. The molecule has 2 aromatic carbocycles. The van der Waals surface area contributed by atoms with E-state index in [9.17, 15) is 14.4 Å². The third-order valence-corrected chi connectivity index (χ3v) is 7.11. The number of hydrogen-bond donors (Lipinski definition) is 3. The number of aromatic nitrogens is 3. The SMILES string of the molecule is COC(=O)Nc1ccc(-c2nc([C@@H]3CCc4cc(-c5cc(Cl)ccc5NC(=O)OC(C)(C)C)cc(=O)n43)[nH]c2C)cc1. The summed E-state index contributed by atoms with van der Waals surface area (Å²) in [4.78, 5) is 45.8. The Morgan fingerprint density at radius 1 is 1.02 bits per heavy atom. The van der Waals surface area contributed by atoms with Crippen LogP contribution in [0.1, 0.15) is 50.4 Å². The highest BCUT2D eigenvalue weighted by atomic mass is 35.5. The monoisotopic (exact) mass is 589 g/mol. The topological polar surface area (TPSA) is 127 Å². The number of aryl methyl sites for hydroxylation is 2. The van der Waals surface area contributed by atoms with E-state index >= 15 is 0 Å². The van der Waals surface area contributed by atoms with E-state index in [0.29, 0.717) is 46.2 Å². The molecule has 0 aliphatic carbocycles. The summed E-state index contributed by atoms with van der Waals surface area (Å²) in [6.45, 7) is 7.30. The lowest BCUT2D eigenvalue weighted by Crippen LogP contribution is -2.27. The van der Waals surface area contributed by atoms with Gasteiger partial charge in [0.15, 0.2) is 0 Å². The number of carbonyl (C=O) groups is 2. The van der Waals surface area contributed by atoms with Crippen molar-refractivity contribution >= 4 is 35.2 Å². The van der Waals surface area contributed by atoms with E-state index < -0.39 is 17.8 Å². The molecule has 0 fully saturated rings. The highest BCUT2D eigenvalue weighted by Crippen LogP contribution is 2.36. The Bertz CT molecular complexity index is 1720. The van der Waals surface area contributed by atoms with E-state index in [1.807, 2.05) is 25.1 Å². The van der Waals surface area contributed by atoms with Crippen LogP contribution in [0.15, 0.2) is 59.4 Å². The van der Waals surface area contributed by atoms with Gasteiger partial charge in [-0.3, -0.25) is 15.4 Å². The first kappa shape index (κ1) is 28.9. The number of hydrogen-bond acceptors (Lipinski definition) is 6. The molecule has 4 aromatic rings. The van der Waals surface area contributed by atoms with Gasteiger partial charge in [0, 0.05) is 39.3 Å². The van der Waals surface area contributed by atoms with Crippen molar-refractivity contribution in [3.05, 3.63) is 87.2 Å². The van der Waals surface area contributed by atoms with Crippen LogP contribution in [0, 0.1) is 6.92 Å². The second-order valence-corrected chi connectivity index (χ2v) is 11.5. The zero-order valence-electron chi connectivity index (χ0n) is 24.0. The van der Waals surface area contributed by atoms with Gasteiger partial charge in [0.05, 0.1) is 24.5 Å². The summed E-state index contributed by atoms with van der Waals surface area (Å²) in [6, 6.07) is 15.6. The zero-order chi connectivity index (χ0) is 30.2. The first-order chi connectivity index (χ1) is 19.9. The molecule has 3 N–H and O–H groups in total. The second-order valence-electron chi connectivity index (χ2n) is 11.1. The Kier molecular flexibility index (Phi) is 7.83. The lowest BCUT2D eigenvalue weighted by atomic mass is 10.0. The molecular formula is C31H32ClN5O5. The van der Waals surface area contributed by atoms with Gasteiger partial charge in [-0.25, -0.2) is 14.6 Å². The highest BCUT2D eigenvalue weighted by molar-refractivity contribution is 6.31. The summed E-state index contributed by atoms with van der Waals surface area (Å²) in [7, 11) is 1.31. The quantitative estimate of drug-likeness (QED) is 0.232. The van der Waals surface area contributed by atoms with Crippen LogP contribution in [0.5, 0.6) is 0 Å². The molecule has 0 bridgehead atoms. The molecule has 0 radical (unpaired) electrons. The van der Waals surface area contributed by atoms with Crippen molar-refractivity contribution in [3.8, 4) is 22.4 Å². The number of ether oxygens (including phenoxy) is 2. The van der Waals surface area contributed by atoms with Gasteiger partial charge in [-0.1, -0.05) is 23.7 Å². The van der Waals surface area contributed by atoms with Crippen LogP contribution in [0.4, 0.5) is 21.0 Å². The normalized spacial score (nSPS) is 14.3. The molecule has 0 spiro atoms. The van der Waals surface area contributed by atoms with E-state index in [1.165, 1.54) is 7.11 Å². The molecule has 1 aliphatic heterocycles. The fourth-order valence-corrected chi connectivity index (χ4v) is 5.26. The summed E-state index contributed by atoms with van der Waals surface area (Å²) < 4.78 is 11.8. The van der Waals surface area contributed by atoms with Gasteiger partial charge in [-0.05, 0) is 82.5 Å². The molecular weight excluding hydrogens is 558 g/mol. The van der Waals surface area contributed by atoms with Crippen molar-refractivity contribution in [1.29, 1.82) is 0 Å². The molecule has 0 saturated carbocycles. The van der Waals surface area contributed by atoms with Crippen LogP contribution >= 0.6 is 11.6 Å². The predicted molar refractivity (Wildman–Crippen MR) is 162 cm³/mol. The minimum absolute atomic E-state index is 0.179. The minimum atomic E-state index is -0.659. The number of carbonyl (C=O) groups excluding carboxylic acids is 2. The van der Waals surface area contributed by atoms with Crippen LogP contribution in [-0.2, 0) is 15.9 Å². The molecule has 3 heterocycles. The molecule has 1 atom stereocenters. The van der Waals surface area contributed by atoms with Gasteiger partial charge in [0.2, 0.25) is 0 Å². The molecule has 0 saturated heterocycles.